The van der Waals surface area contributed by atoms with Crippen molar-refractivity contribution in [3.8, 4) is 0 Å². The third-order valence-electron chi connectivity index (χ3n) is 5.00. The highest BCUT2D eigenvalue weighted by atomic mass is 28.4. The van der Waals surface area contributed by atoms with Crippen molar-refractivity contribution in [3.63, 3.8) is 0 Å². The van der Waals surface area contributed by atoms with E-state index in [0.717, 1.165) is 6.29 Å². The van der Waals surface area contributed by atoms with Crippen LogP contribution in [0.2, 0.25) is 18.1 Å². The van der Waals surface area contributed by atoms with E-state index in [1.54, 1.807) is 24.3 Å². The van der Waals surface area contributed by atoms with E-state index in [1.807, 2.05) is 0 Å². The molecular weight excluding hydrogens is 322 g/mol. The molecule has 1 aromatic carbocycles. The number of amides is 2. The van der Waals surface area contributed by atoms with Crippen LogP contribution in [0.1, 0.15) is 47.9 Å². The largest absolute Gasteiger partial charge is 0.415 e. The summed E-state index contributed by atoms with van der Waals surface area (Å²) in [5.74, 6) is -0.692. The van der Waals surface area contributed by atoms with Gasteiger partial charge in [-0.15, -0.1) is 0 Å². The minimum absolute atomic E-state index is 0.0146. The number of hydrogen-bond donors (Lipinski definition) is 0. The molecule has 6 heteroatoms. The van der Waals surface area contributed by atoms with E-state index < -0.39 is 14.4 Å². The van der Waals surface area contributed by atoms with Gasteiger partial charge in [-0.1, -0.05) is 32.9 Å². The van der Waals surface area contributed by atoms with Crippen LogP contribution in [-0.2, 0) is 9.22 Å². The standard InChI is InChI=1S/C18H25NO4Si/c1-18(2,3)24(4,5)23-12-13(10-11-20)19-16(21)14-8-6-7-9-15(14)17(19)22/h6-9,11,13H,10,12H2,1-5H3. The van der Waals surface area contributed by atoms with Crippen LogP contribution in [0.5, 0.6) is 0 Å². The molecule has 0 aliphatic carbocycles. The second-order valence-corrected chi connectivity index (χ2v) is 12.5. The minimum Gasteiger partial charge on any atom is -0.415 e. The van der Waals surface area contributed by atoms with E-state index in [-0.39, 0.29) is 29.9 Å². The van der Waals surface area contributed by atoms with Gasteiger partial charge in [0.25, 0.3) is 11.8 Å². The molecule has 24 heavy (non-hydrogen) atoms. The number of carbonyl (C=O) groups excluding carboxylic acids is 3. The van der Waals surface area contributed by atoms with Crippen molar-refractivity contribution < 1.29 is 18.8 Å². The number of aldehydes is 1. The van der Waals surface area contributed by atoms with Gasteiger partial charge >= 0.3 is 0 Å². The minimum atomic E-state index is -2.04. The molecule has 1 heterocycles. The maximum absolute atomic E-state index is 12.6. The lowest BCUT2D eigenvalue weighted by molar-refractivity contribution is -0.108. The Labute approximate surface area is 144 Å². The van der Waals surface area contributed by atoms with E-state index >= 15 is 0 Å². The van der Waals surface area contributed by atoms with Gasteiger partial charge in [0, 0.05) is 6.42 Å². The fourth-order valence-corrected chi connectivity index (χ4v) is 3.46. The molecule has 0 aromatic heterocycles. The summed E-state index contributed by atoms with van der Waals surface area (Å²) in [5.41, 5.74) is 0.788. The highest BCUT2D eigenvalue weighted by Gasteiger charge is 2.42. The Morgan fingerprint density at radius 3 is 2.04 bits per heavy atom. The van der Waals surface area contributed by atoms with Crippen molar-refractivity contribution in [1.29, 1.82) is 0 Å². The molecule has 5 nitrogen and oxygen atoms in total. The smallest absolute Gasteiger partial charge is 0.261 e. The van der Waals surface area contributed by atoms with E-state index in [1.165, 1.54) is 4.90 Å². The van der Waals surface area contributed by atoms with E-state index in [2.05, 4.69) is 33.9 Å². The number of nitrogens with zero attached hydrogens (tertiary/aromatic N) is 1. The van der Waals surface area contributed by atoms with Gasteiger partial charge in [-0.2, -0.15) is 0 Å². The van der Waals surface area contributed by atoms with Crippen LogP contribution in [0.3, 0.4) is 0 Å². The van der Waals surface area contributed by atoms with Crippen molar-refractivity contribution in [2.75, 3.05) is 6.61 Å². The van der Waals surface area contributed by atoms with E-state index in [9.17, 15) is 14.4 Å². The van der Waals surface area contributed by atoms with Gasteiger partial charge < -0.3 is 9.22 Å². The maximum atomic E-state index is 12.6. The lowest BCUT2D eigenvalue weighted by atomic mass is 10.1. The van der Waals surface area contributed by atoms with Crippen LogP contribution in [-0.4, -0.2) is 44.0 Å². The summed E-state index contributed by atoms with van der Waals surface area (Å²) in [6.07, 6.45) is 0.823. The molecule has 0 fully saturated rings. The fourth-order valence-electron chi connectivity index (χ4n) is 2.42. The van der Waals surface area contributed by atoms with Crippen LogP contribution >= 0.6 is 0 Å². The van der Waals surface area contributed by atoms with Crippen molar-refractivity contribution in [2.24, 2.45) is 0 Å². The Morgan fingerprint density at radius 1 is 1.12 bits per heavy atom. The Balaban J connectivity index is 2.22. The summed E-state index contributed by atoms with van der Waals surface area (Å²) < 4.78 is 6.15. The second-order valence-electron chi connectivity index (χ2n) is 7.65. The SMILES string of the molecule is CC(C)(C)[Si](C)(C)OCC(CC=O)N1C(=O)c2ccccc2C1=O. The lowest BCUT2D eigenvalue weighted by Crippen LogP contribution is -2.48. The monoisotopic (exact) mass is 347 g/mol. The predicted molar refractivity (Wildman–Crippen MR) is 94.6 cm³/mol. The molecule has 0 saturated carbocycles. The first-order valence-corrected chi connectivity index (χ1v) is 11.1. The molecule has 2 rings (SSSR count). The molecule has 1 aliphatic heterocycles. The summed E-state index contributed by atoms with van der Waals surface area (Å²) in [6.45, 7) is 10.8. The van der Waals surface area contributed by atoms with Crippen molar-refractivity contribution in [2.45, 2.75) is 51.4 Å². The molecule has 130 valence electrons. The third kappa shape index (κ3) is 3.35. The molecule has 0 radical (unpaired) electrons. The molecule has 0 bridgehead atoms. The van der Waals surface area contributed by atoms with E-state index in [0.29, 0.717) is 11.1 Å². The van der Waals surface area contributed by atoms with Crippen molar-refractivity contribution >= 4 is 26.4 Å². The summed E-state index contributed by atoms with van der Waals surface area (Å²) in [7, 11) is -2.04. The molecule has 0 saturated heterocycles. The summed E-state index contributed by atoms with van der Waals surface area (Å²) in [6, 6.07) is 6.18. The Morgan fingerprint density at radius 2 is 1.62 bits per heavy atom. The van der Waals surface area contributed by atoms with Crippen molar-refractivity contribution in [1.82, 2.24) is 4.90 Å². The Bertz CT molecular complexity index is 628. The topological polar surface area (TPSA) is 63.7 Å². The number of carbonyl (C=O) groups is 3. The van der Waals surface area contributed by atoms with Crippen LogP contribution in [0.4, 0.5) is 0 Å². The highest BCUT2D eigenvalue weighted by Crippen LogP contribution is 2.37. The van der Waals surface area contributed by atoms with Gasteiger partial charge in [-0.25, -0.2) is 0 Å². The number of hydrogen-bond acceptors (Lipinski definition) is 4. The van der Waals surface area contributed by atoms with Gasteiger partial charge in [0.1, 0.15) is 6.29 Å². The lowest BCUT2D eigenvalue weighted by Gasteiger charge is -2.38. The number of imide groups is 1. The zero-order valence-electron chi connectivity index (χ0n) is 15.0. The van der Waals surface area contributed by atoms with Gasteiger partial charge in [0.15, 0.2) is 8.32 Å². The Hall–Kier alpha value is -1.79. The zero-order valence-corrected chi connectivity index (χ0v) is 16.0. The average Bonchev–Trinajstić information content (AvgIpc) is 2.75. The van der Waals surface area contributed by atoms with Crippen LogP contribution in [0.25, 0.3) is 0 Å². The quantitative estimate of drug-likeness (QED) is 0.450. The van der Waals surface area contributed by atoms with Crippen LogP contribution in [0, 0.1) is 0 Å². The van der Waals surface area contributed by atoms with Gasteiger partial charge in [-0.3, -0.25) is 14.5 Å². The van der Waals surface area contributed by atoms with Crippen LogP contribution < -0.4 is 0 Å². The predicted octanol–water partition coefficient (Wildman–Crippen LogP) is 3.26. The van der Waals surface area contributed by atoms with Crippen molar-refractivity contribution in [3.05, 3.63) is 35.4 Å². The summed E-state index contributed by atoms with van der Waals surface area (Å²) >= 11 is 0. The van der Waals surface area contributed by atoms with Crippen LogP contribution in [0.15, 0.2) is 24.3 Å². The summed E-state index contributed by atoms with van der Waals surface area (Å²) in [5, 5.41) is 0.0146. The summed E-state index contributed by atoms with van der Waals surface area (Å²) in [4.78, 5) is 37.5. The first-order valence-electron chi connectivity index (χ1n) is 8.14. The Kier molecular flexibility index (Phi) is 5.10. The second kappa shape index (κ2) is 6.61. The third-order valence-corrected chi connectivity index (χ3v) is 9.50. The normalized spacial score (nSPS) is 16.3. The molecule has 0 N–H and O–H groups in total. The average molecular weight is 347 g/mol. The fraction of sp³-hybridized carbons (Fsp3) is 0.500. The first kappa shape index (κ1) is 18.5. The zero-order chi connectivity index (χ0) is 18.1. The van der Waals surface area contributed by atoms with E-state index in [4.69, 9.17) is 4.43 Å². The van der Waals surface area contributed by atoms with Gasteiger partial charge in [0.05, 0.1) is 23.8 Å². The highest BCUT2D eigenvalue weighted by molar-refractivity contribution is 6.74. The van der Waals surface area contributed by atoms with Gasteiger partial charge in [-0.05, 0) is 30.3 Å². The molecule has 2 amide bonds. The molecular formula is C18H25NO4Si. The number of fused-ring (bicyclic) bond motifs is 1. The first-order chi connectivity index (χ1) is 11.1. The molecule has 1 atom stereocenters. The van der Waals surface area contributed by atoms with Gasteiger partial charge in [0.2, 0.25) is 0 Å². The molecule has 1 unspecified atom stereocenters. The molecule has 0 spiro atoms. The molecule has 1 aliphatic rings. The number of benzene rings is 1. The number of rotatable bonds is 6. The maximum Gasteiger partial charge on any atom is 0.261 e. The molecule has 1 aromatic rings.